The molecule has 27 heavy (non-hydrogen) atoms. The van der Waals surface area contributed by atoms with E-state index in [0.29, 0.717) is 30.0 Å². The van der Waals surface area contributed by atoms with Gasteiger partial charge in [0, 0.05) is 12.7 Å². The molecule has 3 heterocycles. The summed E-state index contributed by atoms with van der Waals surface area (Å²) in [4.78, 5) is 24.9. The van der Waals surface area contributed by atoms with Gasteiger partial charge in [0.25, 0.3) is 5.91 Å². The van der Waals surface area contributed by atoms with E-state index in [4.69, 9.17) is 4.42 Å². The van der Waals surface area contributed by atoms with Crippen LogP contribution in [0.1, 0.15) is 29.0 Å². The maximum atomic E-state index is 12.9. The van der Waals surface area contributed by atoms with Gasteiger partial charge in [-0.05, 0) is 44.0 Å². The van der Waals surface area contributed by atoms with Gasteiger partial charge in [-0.25, -0.2) is 4.68 Å². The number of para-hydroxylation sites is 1. The van der Waals surface area contributed by atoms with E-state index in [1.54, 1.807) is 16.9 Å². The number of aromatic nitrogens is 2. The van der Waals surface area contributed by atoms with E-state index in [2.05, 4.69) is 15.7 Å². The molecule has 2 aromatic heterocycles. The minimum absolute atomic E-state index is 0.152. The van der Waals surface area contributed by atoms with E-state index in [1.807, 2.05) is 43.3 Å². The van der Waals surface area contributed by atoms with Crippen LogP contribution >= 0.6 is 0 Å². The van der Waals surface area contributed by atoms with Crippen molar-refractivity contribution in [3.8, 4) is 17.1 Å². The highest BCUT2D eigenvalue weighted by molar-refractivity contribution is 6.01. The average molecular weight is 364 g/mol. The number of hydrogen-bond donors (Lipinski definition) is 2. The molecule has 0 saturated carbocycles. The van der Waals surface area contributed by atoms with Crippen LogP contribution < -0.4 is 10.6 Å². The Morgan fingerprint density at radius 1 is 1.26 bits per heavy atom. The highest BCUT2D eigenvalue weighted by Crippen LogP contribution is 2.26. The molecule has 0 aliphatic carbocycles. The summed E-state index contributed by atoms with van der Waals surface area (Å²) in [7, 11) is 0. The first-order valence-electron chi connectivity index (χ1n) is 8.92. The highest BCUT2D eigenvalue weighted by Gasteiger charge is 2.27. The number of nitrogens with zero attached hydrogens (tertiary/aromatic N) is 2. The average Bonchev–Trinajstić information content (AvgIpc) is 3.31. The Hall–Kier alpha value is -3.35. The molecule has 0 unspecified atom stereocenters. The summed E-state index contributed by atoms with van der Waals surface area (Å²) < 4.78 is 7.33. The largest absolute Gasteiger partial charge is 0.460 e. The minimum atomic E-state index is -0.530. The second kappa shape index (κ2) is 7.11. The van der Waals surface area contributed by atoms with Crippen molar-refractivity contribution in [2.45, 2.75) is 25.8 Å². The van der Waals surface area contributed by atoms with Gasteiger partial charge in [-0.2, -0.15) is 5.10 Å². The van der Waals surface area contributed by atoms with Gasteiger partial charge in [0.15, 0.2) is 5.76 Å². The zero-order valence-electron chi connectivity index (χ0n) is 14.9. The Morgan fingerprint density at radius 3 is 2.78 bits per heavy atom. The first kappa shape index (κ1) is 17.1. The Labute approximate surface area is 156 Å². The molecular weight excluding hydrogens is 344 g/mol. The molecule has 1 aromatic carbocycles. The second-order valence-electron chi connectivity index (χ2n) is 6.54. The number of rotatable bonds is 4. The van der Waals surface area contributed by atoms with Crippen LogP contribution in [-0.2, 0) is 4.79 Å². The van der Waals surface area contributed by atoms with Crippen LogP contribution in [0, 0.1) is 6.92 Å². The zero-order valence-corrected chi connectivity index (χ0v) is 14.9. The third-order valence-electron chi connectivity index (χ3n) is 4.54. The van der Waals surface area contributed by atoms with Gasteiger partial charge in [-0.3, -0.25) is 9.59 Å². The fourth-order valence-corrected chi connectivity index (χ4v) is 3.14. The van der Waals surface area contributed by atoms with Gasteiger partial charge in [0.1, 0.15) is 17.5 Å². The molecule has 138 valence electrons. The summed E-state index contributed by atoms with van der Waals surface area (Å²) in [5, 5.41) is 10.2. The van der Waals surface area contributed by atoms with Gasteiger partial charge < -0.3 is 15.1 Å². The van der Waals surface area contributed by atoms with Gasteiger partial charge in [0.2, 0.25) is 5.91 Å². The number of carbonyl (C=O) groups is 2. The SMILES string of the molecule is Cc1ccc(-c2nn(-c3ccccc3)cc2C(=O)N[C@@H]2CCCNC2=O)o1. The van der Waals surface area contributed by atoms with Gasteiger partial charge in [-0.1, -0.05) is 18.2 Å². The molecule has 0 spiro atoms. The van der Waals surface area contributed by atoms with E-state index in [0.717, 1.165) is 17.9 Å². The van der Waals surface area contributed by atoms with Crippen molar-refractivity contribution in [3.05, 3.63) is 60.0 Å². The second-order valence-corrected chi connectivity index (χ2v) is 6.54. The molecule has 0 radical (unpaired) electrons. The van der Waals surface area contributed by atoms with E-state index < -0.39 is 6.04 Å². The highest BCUT2D eigenvalue weighted by atomic mass is 16.3. The molecular formula is C20H20N4O3. The van der Waals surface area contributed by atoms with Crippen LogP contribution in [0.15, 0.2) is 53.1 Å². The Balaban J connectivity index is 1.70. The van der Waals surface area contributed by atoms with Crippen LogP contribution in [0.25, 0.3) is 17.1 Å². The number of furan rings is 1. The van der Waals surface area contributed by atoms with Crippen molar-refractivity contribution in [3.63, 3.8) is 0 Å². The summed E-state index contributed by atoms with van der Waals surface area (Å²) in [5.41, 5.74) is 1.64. The number of aryl methyl sites for hydroxylation is 1. The number of hydrogen-bond acceptors (Lipinski definition) is 4. The van der Waals surface area contributed by atoms with E-state index >= 15 is 0 Å². The molecule has 1 fully saturated rings. The molecule has 0 bridgehead atoms. The Morgan fingerprint density at radius 2 is 2.07 bits per heavy atom. The van der Waals surface area contributed by atoms with Crippen molar-refractivity contribution in [1.29, 1.82) is 0 Å². The molecule has 4 rings (SSSR count). The molecule has 3 aromatic rings. The van der Waals surface area contributed by atoms with Crippen molar-refractivity contribution in [2.75, 3.05) is 6.54 Å². The molecule has 1 aliphatic rings. The standard InChI is InChI=1S/C20H20N4O3/c1-13-9-10-17(27-13)18-15(12-24(23-18)14-6-3-2-4-7-14)19(25)22-16-8-5-11-21-20(16)26/h2-4,6-7,9-10,12,16H,5,8,11H2,1H3,(H,21,26)(H,22,25)/t16-/m1/s1. The lowest BCUT2D eigenvalue weighted by molar-refractivity contribution is -0.124. The number of piperidine rings is 1. The topological polar surface area (TPSA) is 89.2 Å². The Bertz CT molecular complexity index is 974. The summed E-state index contributed by atoms with van der Waals surface area (Å²) in [6, 6.07) is 12.6. The molecule has 1 aliphatic heterocycles. The van der Waals surface area contributed by atoms with Crippen molar-refractivity contribution >= 4 is 11.8 Å². The lowest BCUT2D eigenvalue weighted by Gasteiger charge is -2.22. The third-order valence-corrected chi connectivity index (χ3v) is 4.54. The number of benzene rings is 1. The monoisotopic (exact) mass is 364 g/mol. The lowest BCUT2D eigenvalue weighted by atomic mass is 10.1. The maximum absolute atomic E-state index is 12.9. The van der Waals surface area contributed by atoms with Gasteiger partial charge in [0.05, 0.1) is 11.3 Å². The normalized spacial score (nSPS) is 16.8. The quantitative estimate of drug-likeness (QED) is 0.744. The summed E-state index contributed by atoms with van der Waals surface area (Å²) in [5.74, 6) is 0.751. The fraction of sp³-hybridized carbons (Fsp3) is 0.250. The number of nitrogens with one attached hydrogen (secondary N) is 2. The van der Waals surface area contributed by atoms with Crippen LogP contribution in [0.4, 0.5) is 0 Å². The van der Waals surface area contributed by atoms with E-state index in [1.165, 1.54) is 0 Å². The first-order chi connectivity index (χ1) is 13.1. The van der Waals surface area contributed by atoms with E-state index in [-0.39, 0.29) is 11.8 Å². The number of carbonyl (C=O) groups excluding carboxylic acids is 2. The van der Waals surface area contributed by atoms with Gasteiger partial charge in [-0.15, -0.1) is 0 Å². The molecule has 7 nitrogen and oxygen atoms in total. The molecule has 2 N–H and O–H groups in total. The molecule has 2 amide bonds. The molecule has 1 atom stereocenters. The summed E-state index contributed by atoms with van der Waals surface area (Å²) in [6.45, 7) is 2.48. The van der Waals surface area contributed by atoms with Crippen LogP contribution in [0.2, 0.25) is 0 Å². The van der Waals surface area contributed by atoms with Crippen LogP contribution in [0.3, 0.4) is 0 Å². The predicted octanol–water partition coefficient (Wildman–Crippen LogP) is 2.45. The molecule has 1 saturated heterocycles. The Kier molecular flexibility index (Phi) is 4.50. The van der Waals surface area contributed by atoms with Crippen LogP contribution in [0.5, 0.6) is 0 Å². The van der Waals surface area contributed by atoms with Crippen molar-refractivity contribution in [2.24, 2.45) is 0 Å². The first-order valence-corrected chi connectivity index (χ1v) is 8.92. The predicted molar refractivity (Wildman–Crippen MR) is 99.5 cm³/mol. The summed E-state index contributed by atoms with van der Waals surface area (Å²) >= 11 is 0. The third kappa shape index (κ3) is 3.48. The zero-order chi connectivity index (χ0) is 18.8. The number of amides is 2. The smallest absolute Gasteiger partial charge is 0.255 e. The maximum Gasteiger partial charge on any atom is 0.255 e. The minimum Gasteiger partial charge on any atom is -0.460 e. The van der Waals surface area contributed by atoms with Gasteiger partial charge >= 0.3 is 0 Å². The summed E-state index contributed by atoms with van der Waals surface area (Å²) in [6.07, 6.45) is 3.13. The van der Waals surface area contributed by atoms with Crippen molar-refractivity contribution < 1.29 is 14.0 Å². The van der Waals surface area contributed by atoms with Crippen LogP contribution in [-0.4, -0.2) is 34.2 Å². The molecule has 7 heteroatoms. The fourth-order valence-electron chi connectivity index (χ4n) is 3.14. The van der Waals surface area contributed by atoms with Crippen molar-refractivity contribution in [1.82, 2.24) is 20.4 Å². The lowest BCUT2D eigenvalue weighted by Crippen LogP contribution is -2.50. The van der Waals surface area contributed by atoms with E-state index in [9.17, 15) is 9.59 Å².